The van der Waals surface area contributed by atoms with Crippen molar-refractivity contribution in [1.82, 2.24) is 10.2 Å². The molecular weight excluding hydrogens is 433 g/mol. The van der Waals surface area contributed by atoms with Crippen molar-refractivity contribution >= 4 is 34.0 Å². The SMILES string of the molecule is COc1ccc(CNc2nnc(N3CCC(F)(CO)CC3)c3ccc(C#N)cc23)cc1Cl. The Morgan fingerprint density at radius 1 is 1.22 bits per heavy atom. The van der Waals surface area contributed by atoms with Crippen molar-refractivity contribution in [3.63, 3.8) is 0 Å². The highest BCUT2D eigenvalue weighted by atomic mass is 35.5. The van der Waals surface area contributed by atoms with E-state index in [0.717, 1.165) is 16.3 Å². The molecule has 32 heavy (non-hydrogen) atoms. The molecule has 0 spiro atoms. The van der Waals surface area contributed by atoms with Crippen molar-refractivity contribution in [2.45, 2.75) is 25.1 Å². The van der Waals surface area contributed by atoms with Crippen LogP contribution in [0.2, 0.25) is 5.02 Å². The Kier molecular flexibility index (Phi) is 6.31. The second kappa shape index (κ2) is 9.15. The maximum absolute atomic E-state index is 14.4. The molecule has 0 saturated carbocycles. The first-order valence-corrected chi connectivity index (χ1v) is 10.7. The number of nitriles is 1. The molecule has 7 nitrogen and oxygen atoms in total. The number of benzene rings is 2. The second-order valence-electron chi connectivity index (χ2n) is 7.86. The minimum absolute atomic E-state index is 0.223. The van der Waals surface area contributed by atoms with Crippen LogP contribution in [0.3, 0.4) is 0 Å². The Hall–Kier alpha value is -3.15. The van der Waals surface area contributed by atoms with Crippen molar-refractivity contribution < 1.29 is 14.2 Å². The summed E-state index contributed by atoms with van der Waals surface area (Å²) in [7, 11) is 1.56. The van der Waals surface area contributed by atoms with E-state index in [2.05, 4.69) is 21.6 Å². The van der Waals surface area contributed by atoms with Crippen LogP contribution in [0.5, 0.6) is 5.75 Å². The van der Waals surface area contributed by atoms with Crippen molar-refractivity contribution in [1.29, 1.82) is 5.26 Å². The summed E-state index contributed by atoms with van der Waals surface area (Å²) in [4.78, 5) is 1.97. The molecule has 166 valence electrons. The van der Waals surface area contributed by atoms with E-state index in [9.17, 15) is 14.8 Å². The maximum atomic E-state index is 14.4. The van der Waals surface area contributed by atoms with Gasteiger partial charge in [-0.25, -0.2) is 4.39 Å². The first kappa shape index (κ1) is 22.1. The number of fused-ring (bicyclic) bond motifs is 1. The molecule has 0 atom stereocenters. The van der Waals surface area contributed by atoms with Crippen LogP contribution in [0.1, 0.15) is 24.0 Å². The van der Waals surface area contributed by atoms with Gasteiger partial charge in [-0.15, -0.1) is 10.2 Å². The van der Waals surface area contributed by atoms with Gasteiger partial charge in [-0.2, -0.15) is 5.26 Å². The van der Waals surface area contributed by atoms with E-state index in [0.29, 0.717) is 47.6 Å². The van der Waals surface area contributed by atoms with E-state index in [1.54, 1.807) is 25.3 Å². The zero-order valence-electron chi connectivity index (χ0n) is 17.6. The molecule has 1 aliphatic rings. The molecule has 1 fully saturated rings. The molecule has 0 unspecified atom stereocenters. The molecule has 2 heterocycles. The molecule has 0 amide bonds. The van der Waals surface area contributed by atoms with Gasteiger partial charge in [-0.1, -0.05) is 17.7 Å². The number of aromatic nitrogens is 2. The van der Waals surface area contributed by atoms with Crippen LogP contribution in [0.4, 0.5) is 16.0 Å². The van der Waals surface area contributed by atoms with Crippen molar-refractivity contribution in [3.05, 3.63) is 52.5 Å². The zero-order valence-corrected chi connectivity index (χ0v) is 18.4. The number of halogens is 2. The number of ether oxygens (including phenoxy) is 1. The molecule has 0 bridgehead atoms. The highest BCUT2D eigenvalue weighted by Gasteiger charge is 2.34. The van der Waals surface area contributed by atoms with E-state index < -0.39 is 12.3 Å². The van der Waals surface area contributed by atoms with Gasteiger partial charge < -0.3 is 20.1 Å². The summed E-state index contributed by atoms with van der Waals surface area (Å²) in [5.41, 5.74) is -0.103. The number of anilines is 2. The fourth-order valence-corrected chi connectivity index (χ4v) is 4.14. The van der Waals surface area contributed by atoms with Crippen LogP contribution in [0, 0.1) is 11.3 Å². The highest BCUT2D eigenvalue weighted by Crippen LogP contribution is 2.34. The smallest absolute Gasteiger partial charge is 0.159 e. The highest BCUT2D eigenvalue weighted by molar-refractivity contribution is 6.32. The number of hydrogen-bond acceptors (Lipinski definition) is 7. The predicted octanol–water partition coefficient (Wildman–Crippen LogP) is 4.08. The van der Waals surface area contributed by atoms with Crippen LogP contribution in [0.15, 0.2) is 36.4 Å². The number of rotatable bonds is 6. The summed E-state index contributed by atoms with van der Waals surface area (Å²) in [6.45, 7) is 0.834. The molecule has 1 aliphatic heterocycles. The molecule has 3 aromatic rings. The molecule has 1 aromatic heterocycles. The minimum Gasteiger partial charge on any atom is -0.495 e. The summed E-state index contributed by atoms with van der Waals surface area (Å²) >= 11 is 6.22. The number of methoxy groups -OCH3 is 1. The second-order valence-corrected chi connectivity index (χ2v) is 8.27. The molecule has 1 saturated heterocycles. The lowest BCUT2D eigenvalue weighted by molar-refractivity contribution is 0.0480. The number of piperidine rings is 1. The summed E-state index contributed by atoms with van der Waals surface area (Å²) < 4.78 is 19.6. The average Bonchev–Trinajstić information content (AvgIpc) is 2.83. The Balaban J connectivity index is 1.63. The fourth-order valence-electron chi connectivity index (χ4n) is 3.86. The first-order chi connectivity index (χ1) is 15.5. The third-order valence-corrected chi connectivity index (χ3v) is 6.10. The Morgan fingerprint density at radius 3 is 2.66 bits per heavy atom. The monoisotopic (exact) mass is 455 g/mol. The summed E-state index contributed by atoms with van der Waals surface area (Å²) in [6.07, 6.45) is 0.447. The number of aliphatic hydroxyl groups is 1. The molecule has 9 heteroatoms. The van der Waals surface area contributed by atoms with Crippen molar-refractivity contribution in [3.8, 4) is 11.8 Å². The molecular formula is C23H23ClFN5O2. The van der Waals surface area contributed by atoms with Gasteiger partial charge in [0.1, 0.15) is 11.4 Å². The number of aliphatic hydroxyl groups excluding tert-OH is 1. The van der Waals surface area contributed by atoms with Crippen LogP contribution in [0.25, 0.3) is 10.8 Å². The van der Waals surface area contributed by atoms with Crippen LogP contribution >= 0.6 is 11.6 Å². The standard InChI is InChI=1S/C23H23ClFN5O2/c1-32-20-5-3-16(11-19(20)24)13-27-21-18-10-15(12-26)2-4-17(18)22(29-28-21)30-8-6-23(25,14-31)7-9-30/h2-5,10-11,31H,6-9,13-14H2,1H3,(H,27,28). The Labute approximate surface area is 190 Å². The van der Waals surface area contributed by atoms with Gasteiger partial charge in [0, 0.05) is 43.2 Å². The van der Waals surface area contributed by atoms with Gasteiger partial charge in [0.15, 0.2) is 11.6 Å². The largest absolute Gasteiger partial charge is 0.495 e. The number of hydrogen-bond donors (Lipinski definition) is 2. The quantitative estimate of drug-likeness (QED) is 0.578. The van der Waals surface area contributed by atoms with Crippen LogP contribution < -0.4 is 15.0 Å². The third kappa shape index (κ3) is 4.40. The maximum Gasteiger partial charge on any atom is 0.159 e. The van der Waals surface area contributed by atoms with Gasteiger partial charge in [-0.3, -0.25) is 0 Å². The molecule has 0 aliphatic carbocycles. The van der Waals surface area contributed by atoms with Gasteiger partial charge >= 0.3 is 0 Å². The third-order valence-electron chi connectivity index (χ3n) is 5.81. The van der Waals surface area contributed by atoms with E-state index in [1.807, 2.05) is 23.1 Å². The number of nitrogens with zero attached hydrogens (tertiary/aromatic N) is 4. The van der Waals surface area contributed by atoms with Gasteiger partial charge in [0.25, 0.3) is 0 Å². The zero-order chi connectivity index (χ0) is 22.7. The molecule has 4 rings (SSSR count). The van der Waals surface area contributed by atoms with E-state index in [-0.39, 0.29) is 12.8 Å². The van der Waals surface area contributed by atoms with Gasteiger partial charge in [0.2, 0.25) is 0 Å². The predicted molar refractivity (Wildman–Crippen MR) is 122 cm³/mol. The summed E-state index contributed by atoms with van der Waals surface area (Å²) in [5.74, 6) is 1.78. The molecule has 0 radical (unpaired) electrons. The number of alkyl halides is 1. The van der Waals surface area contributed by atoms with E-state index in [1.165, 1.54) is 0 Å². The molecule has 2 N–H and O–H groups in total. The minimum atomic E-state index is -1.55. The first-order valence-electron chi connectivity index (χ1n) is 10.3. The lowest BCUT2D eigenvalue weighted by Crippen LogP contribution is -2.44. The summed E-state index contributed by atoms with van der Waals surface area (Å²) in [5, 5.41) is 32.8. The van der Waals surface area contributed by atoms with Crippen molar-refractivity contribution in [2.24, 2.45) is 0 Å². The normalized spacial score (nSPS) is 15.4. The van der Waals surface area contributed by atoms with Crippen molar-refractivity contribution in [2.75, 3.05) is 37.0 Å². The average molecular weight is 456 g/mol. The van der Waals surface area contributed by atoms with Crippen LogP contribution in [-0.2, 0) is 6.54 Å². The summed E-state index contributed by atoms with van der Waals surface area (Å²) in [6, 6.07) is 13.0. The topological polar surface area (TPSA) is 94.3 Å². The van der Waals surface area contributed by atoms with Crippen LogP contribution in [-0.4, -0.2) is 47.8 Å². The lowest BCUT2D eigenvalue weighted by atomic mass is 9.94. The van der Waals surface area contributed by atoms with Gasteiger partial charge in [-0.05, 0) is 35.9 Å². The Morgan fingerprint density at radius 2 is 2.00 bits per heavy atom. The van der Waals surface area contributed by atoms with E-state index >= 15 is 0 Å². The lowest BCUT2D eigenvalue weighted by Gasteiger charge is -2.36. The number of nitrogens with one attached hydrogen (secondary N) is 1. The molecule has 2 aromatic carbocycles. The van der Waals surface area contributed by atoms with E-state index in [4.69, 9.17) is 16.3 Å². The Bertz CT molecular complexity index is 1170. The fraction of sp³-hybridized carbons (Fsp3) is 0.348. The van der Waals surface area contributed by atoms with Gasteiger partial charge in [0.05, 0.1) is 30.4 Å².